The standard InChI is InChI=1S/C11H21NO.C2H6/c1-8(2)11(13)12(4)10-7-5-6-9(10)3;1-2/h8-10H,5-7H2,1-4H3;1-2H3. The highest BCUT2D eigenvalue weighted by Crippen LogP contribution is 2.29. The summed E-state index contributed by atoms with van der Waals surface area (Å²) in [7, 11) is 1.95. The van der Waals surface area contributed by atoms with Crippen LogP contribution in [0.5, 0.6) is 0 Å². The first-order valence-corrected chi connectivity index (χ1v) is 6.30. The molecule has 2 atom stereocenters. The quantitative estimate of drug-likeness (QED) is 0.689. The van der Waals surface area contributed by atoms with Crippen molar-refractivity contribution in [1.29, 1.82) is 0 Å². The van der Waals surface area contributed by atoms with Crippen LogP contribution in [0.1, 0.15) is 53.9 Å². The zero-order valence-electron chi connectivity index (χ0n) is 11.2. The predicted molar refractivity (Wildman–Crippen MR) is 65.8 cm³/mol. The normalized spacial score (nSPS) is 24.7. The zero-order valence-corrected chi connectivity index (χ0v) is 11.2. The fraction of sp³-hybridized carbons (Fsp3) is 0.923. The van der Waals surface area contributed by atoms with Gasteiger partial charge in [0.1, 0.15) is 0 Å². The van der Waals surface area contributed by atoms with Crippen molar-refractivity contribution in [2.24, 2.45) is 11.8 Å². The van der Waals surface area contributed by atoms with E-state index in [0.717, 1.165) is 0 Å². The first-order valence-electron chi connectivity index (χ1n) is 6.30. The van der Waals surface area contributed by atoms with Gasteiger partial charge < -0.3 is 4.90 Å². The summed E-state index contributed by atoms with van der Waals surface area (Å²) in [5.41, 5.74) is 0. The van der Waals surface area contributed by atoms with Gasteiger partial charge in [0.2, 0.25) is 5.91 Å². The average Bonchev–Trinajstić information content (AvgIpc) is 2.65. The molecule has 2 nitrogen and oxygen atoms in total. The van der Waals surface area contributed by atoms with Crippen LogP contribution >= 0.6 is 0 Å². The van der Waals surface area contributed by atoms with Gasteiger partial charge in [-0.3, -0.25) is 4.79 Å². The monoisotopic (exact) mass is 213 g/mol. The summed E-state index contributed by atoms with van der Waals surface area (Å²) in [4.78, 5) is 13.7. The molecule has 2 unspecified atom stereocenters. The van der Waals surface area contributed by atoms with Gasteiger partial charge in [0.15, 0.2) is 0 Å². The lowest BCUT2D eigenvalue weighted by atomic mass is 10.0. The molecule has 1 aliphatic carbocycles. The molecule has 0 aromatic heterocycles. The second-order valence-electron chi connectivity index (χ2n) is 4.58. The minimum Gasteiger partial charge on any atom is -0.342 e. The van der Waals surface area contributed by atoms with E-state index in [1.807, 2.05) is 39.6 Å². The third-order valence-corrected chi connectivity index (χ3v) is 3.16. The van der Waals surface area contributed by atoms with Gasteiger partial charge in [-0.05, 0) is 18.8 Å². The Hall–Kier alpha value is -0.530. The van der Waals surface area contributed by atoms with Crippen molar-refractivity contribution in [3.63, 3.8) is 0 Å². The van der Waals surface area contributed by atoms with Crippen molar-refractivity contribution in [1.82, 2.24) is 4.90 Å². The van der Waals surface area contributed by atoms with Crippen LogP contribution in [0.15, 0.2) is 0 Å². The summed E-state index contributed by atoms with van der Waals surface area (Å²) >= 11 is 0. The Bertz CT molecular complexity index is 189. The first-order chi connectivity index (χ1) is 7.04. The summed E-state index contributed by atoms with van der Waals surface area (Å²) < 4.78 is 0. The van der Waals surface area contributed by atoms with E-state index >= 15 is 0 Å². The summed E-state index contributed by atoms with van der Waals surface area (Å²) in [6.45, 7) is 10.2. The number of rotatable bonds is 2. The van der Waals surface area contributed by atoms with Crippen LogP contribution in [0.4, 0.5) is 0 Å². The zero-order chi connectivity index (χ0) is 12.0. The number of hydrogen-bond donors (Lipinski definition) is 0. The molecule has 0 spiro atoms. The molecule has 0 saturated heterocycles. The summed E-state index contributed by atoms with van der Waals surface area (Å²) in [6.07, 6.45) is 3.75. The van der Waals surface area contributed by atoms with Gasteiger partial charge in [-0.15, -0.1) is 0 Å². The van der Waals surface area contributed by atoms with E-state index in [2.05, 4.69) is 6.92 Å². The number of nitrogens with zero attached hydrogens (tertiary/aromatic N) is 1. The van der Waals surface area contributed by atoms with E-state index in [0.29, 0.717) is 17.9 Å². The van der Waals surface area contributed by atoms with E-state index in [1.165, 1.54) is 19.3 Å². The second-order valence-corrected chi connectivity index (χ2v) is 4.58. The predicted octanol–water partition coefficient (Wildman–Crippen LogP) is 3.32. The molecule has 1 aliphatic rings. The van der Waals surface area contributed by atoms with Gasteiger partial charge in [0.25, 0.3) is 0 Å². The maximum atomic E-state index is 11.7. The van der Waals surface area contributed by atoms with Gasteiger partial charge in [0, 0.05) is 19.0 Å². The number of carbonyl (C=O) groups is 1. The van der Waals surface area contributed by atoms with Crippen LogP contribution in [0.2, 0.25) is 0 Å². The fourth-order valence-electron chi connectivity index (χ4n) is 2.27. The summed E-state index contributed by atoms with van der Waals surface area (Å²) in [5.74, 6) is 1.12. The number of amides is 1. The molecule has 0 radical (unpaired) electrons. The van der Waals surface area contributed by atoms with Gasteiger partial charge in [-0.25, -0.2) is 0 Å². The Balaban J connectivity index is 0.000000921. The average molecular weight is 213 g/mol. The van der Waals surface area contributed by atoms with Crippen LogP contribution in [0, 0.1) is 11.8 Å². The lowest BCUT2D eigenvalue weighted by molar-refractivity contribution is -0.135. The van der Waals surface area contributed by atoms with Crippen LogP contribution < -0.4 is 0 Å². The minimum atomic E-state index is 0.137. The molecule has 1 fully saturated rings. The highest BCUT2D eigenvalue weighted by atomic mass is 16.2. The van der Waals surface area contributed by atoms with Crippen LogP contribution in [-0.4, -0.2) is 23.9 Å². The molecule has 90 valence electrons. The van der Waals surface area contributed by atoms with Gasteiger partial charge in [-0.2, -0.15) is 0 Å². The van der Waals surface area contributed by atoms with Gasteiger partial charge in [-0.1, -0.05) is 41.0 Å². The molecule has 0 heterocycles. The molecular weight excluding hydrogens is 186 g/mol. The van der Waals surface area contributed by atoms with Gasteiger partial charge in [0.05, 0.1) is 0 Å². The molecule has 1 saturated carbocycles. The van der Waals surface area contributed by atoms with E-state index in [-0.39, 0.29) is 5.92 Å². The van der Waals surface area contributed by atoms with Crippen molar-refractivity contribution in [3.8, 4) is 0 Å². The Morgan fingerprint density at radius 1 is 1.27 bits per heavy atom. The smallest absolute Gasteiger partial charge is 0.225 e. The largest absolute Gasteiger partial charge is 0.342 e. The third kappa shape index (κ3) is 3.84. The molecule has 1 rings (SSSR count). The van der Waals surface area contributed by atoms with E-state index in [4.69, 9.17) is 0 Å². The molecule has 0 aromatic carbocycles. The second kappa shape index (κ2) is 6.86. The molecule has 0 aliphatic heterocycles. The number of carbonyl (C=O) groups excluding carboxylic acids is 1. The molecule has 0 bridgehead atoms. The SMILES string of the molecule is CC.CC(C)C(=O)N(C)C1CCCC1C. The van der Waals surface area contributed by atoms with Crippen LogP contribution in [0.3, 0.4) is 0 Å². The minimum absolute atomic E-state index is 0.137. The molecule has 2 heteroatoms. The van der Waals surface area contributed by atoms with Crippen molar-refractivity contribution >= 4 is 5.91 Å². The Labute approximate surface area is 95.0 Å². The number of hydrogen-bond acceptors (Lipinski definition) is 1. The topological polar surface area (TPSA) is 20.3 Å². The Morgan fingerprint density at radius 2 is 1.80 bits per heavy atom. The maximum absolute atomic E-state index is 11.7. The molecule has 0 aromatic rings. The van der Waals surface area contributed by atoms with E-state index in [1.54, 1.807) is 0 Å². The molecule has 1 amide bonds. The first kappa shape index (κ1) is 14.5. The molecular formula is C13H27NO. The van der Waals surface area contributed by atoms with E-state index in [9.17, 15) is 4.79 Å². The highest BCUT2D eigenvalue weighted by molar-refractivity contribution is 5.78. The highest BCUT2D eigenvalue weighted by Gasteiger charge is 2.30. The Kier molecular flexibility index (Phi) is 6.62. The molecule has 15 heavy (non-hydrogen) atoms. The summed E-state index contributed by atoms with van der Waals surface area (Å²) in [5, 5.41) is 0. The van der Waals surface area contributed by atoms with Crippen molar-refractivity contribution in [2.75, 3.05) is 7.05 Å². The maximum Gasteiger partial charge on any atom is 0.225 e. The van der Waals surface area contributed by atoms with Crippen LogP contribution in [0.25, 0.3) is 0 Å². The third-order valence-electron chi connectivity index (χ3n) is 3.16. The van der Waals surface area contributed by atoms with Gasteiger partial charge >= 0.3 is 0 Å². The summed E-state index contributed by atoms with van der Waals surface area (Å²) in [6, 6.07) is 0.495. The van der Waals surface area contributed by atoms with Crippen molar-refractivity contribution in [3.05, 3.63) is 0 Å². The molecule has 0 N–H and O–H groups in total. The Morgan fingerprint density at radius 3 is 2.13 bits per heavy atom. The lowest BCUT2D eigenvalue weighted by Gasteiger charge is -2.29. The van der Waals surface area contributed by atoms with Crippen molar-refractivity contribution in [2.45, 2.75) is 59.9 Å². The fourth-order valence-corrected chi connectivity index (χ4v) is 2.27. The van der Waals surface area contributed by atoms with E-state index < -0.39 is 0 Å². The van der Waals surface area contributed by atoms with Crippen molar-refractivity contribution < 1.29 is 4.79 Å². The lowest BCUT2D eigenvalue weighted by Crippen LogP contribution is -2.40. The van der Waals surface area contributed by atoms with Crippen LogP contribution in [-0.2, 0) is 4.79 Å².